The predicted octanol–water partition coefficient (Wildman–Crippen LogP) is 3.05. The van der Waals surface area contributed by atoms with E-state index in [4.69, 9.17) is 5.73 Å². The molecule has 3 heterocycles. The van der Waals surface area contributed by atoms with Crippen molar-refractivity contribution < 1.29 is 0 Å². The monoisotopic (exact) mass is 316 g/mol. The van der Waals surface area contributed by atoms with E-state index in [-0.39, 0.29) is 0 Å². The predicted molar refractivity (Wildman–Crippen MR) is 90.3 cm³/mol. The van der Waals surface area contributed by atoms with Gasteiger partial charge < -0.3 is 5.73 Å². The molecule has 0 aromatic carbocycles. The highest BCUT2D eigenvalue weighted by molar-refractivity contribution is 5.75. The average molecular weight is 316 g/mol. The standard InChI is InChI=1S/C18H16N6/c19-11-14-13(10-15(23-17(14)20)12-4-1-5-12)16-6-2-9-24(16)18-21-7-3-8-22-18/h2-3,6-10,12H,1,4-5H2,(H2,20,23). The molecule has 118 valence electrons. The lowest BCUT2D eigenvalue weighted by atomic mass is 9.82. The van der Waals surface area contributed by atoms with E-state index in [1.54, 1.807) is 18.5 Å². The summed E-state index contributed by atoms with van der Waals surface area (Å²) in [6.07, 6.45) is 8.73. The molecule has 1 fully saturated rings. The molecule has 0 radical (unpaired) electrons. The van der Waals surface area contributed by atoms with Crippen LogP contribution < -0.4 is 5.73 Å². The number of hydrogen-bond acceptors (Lipinski definition) is 5. The minimum absolute atomic E-state index is 0.290. The average Bonchev–Trinajstić information content (AvgIpc) is 3.03. The summed E-state index contributed by atoms with van der Waals surface area (Å²) in [7, 11) is 0. The largest absolute Gasteiger partial charge is 0.383 e. The highest BCUT2D eigenvalue weighted by atomic mass is 15.1. The second kappa shape index (κ2) is 5.78. The van der Waals surface area contributed by atoms with Crippen LogP contribution in [0.3, 0.4) is 0 Å². The number of rotatable bonds is 3. The van der Waals surface area contributed by atoms with Gasteiger partial charge in [-0.15, -0.1) is 0 Å². The van der Waals surface area contributed by atoms with Crippen molar-refractivity contribution in [1.82, 2.24) is 19.5 Å². The molecule has 0 saturated heterocycles. The lowest BCUT2D eigenvalue weighted by Crippen LogP contribution is -2.13. The maximum absolute atomic E-state index is 9.55. The van der Waals surface area contributed by atoms with E-state index in [1.165, 1.54) is 6.42 Å². The third-order valence-corrected chi connectivity index (χ3v) is 4.49. The molecule has 1 saturated carbocycles. The molecule has 6 nitrogen and oxygen atoms in total. The van der Waals surface area contributed by atoms with Crippen LogP contribution in [0.1, 0.15) is 36.4 Å². The topological polar surface area (TPSA) is 93.4 Å². The van der Waals surface area contributed by atoms with E-state index in [0.717, 1.165) is 29.8 Å². The molecule has 3 aromatic rings. The Morgan fingerprint density at radius 3 is 2.67 bits per heavy atom. The summed E-state index contributed by atoms with van der Waals surface area (Å²) in [5.41, 5.74) is 9.06. The number of anilines is 1. The van der Waals surface area contributed by atoms with Crippen LogP contribution in [0.2, 0.25) is 0 Å². The summed E-state index contributed by atoms with van der Waals surface area (Å²) < 4.78 is 1.86. The fourth-order valence-corrected chi connectivity index (χ4v) is 3.01. The highest BCUT2D eigenvalue weighted by Crippen LogP contribution is 2.38. The molecule has 0 spiro atoms. The summed E-state index contributed by atoms with van der Waals surface area (Å²) in [5, 5.41) is 9.55. The minimum Gasteiger partial charge on any atom is -0.383 e. The van der Waals surface area contributed by atoms with Gasteiger partial charge in [0, 0.05) is 35.8 Å². The van der Waals surface area contributed by atoms with Crippen molar-refractivity contribution in [3.05, 3.63) is 54.1 Å². The maximum Gasteiger partial charge on any atom is 0.234 e. The summed E-state index contributed by atoms with van der Waals surface area (Å²) in [6, 6.07) is 9.81. The molecule has 0 unspecified atom stereocenters. The number of nitrogen functional groups attached to an aromatic ring is 1. The van der Waals surface area contributed by atoms with E-state index < -0.39 is 0 Å². The van der Waals surface area contributed by atoms with Gasteiger partial charge >= 0.3 is 0 Å². The first kappa shape index (κ1) is 14.4. The van der Waals surface area contributed by atoms with Crippen LogP contribution in [0, 0.1) is 11.3 Å². The number of aromatic nitrogens is 4. The van der Waals surface area contributed by atoms with Gasteiger partial charge in [0.05, 0.1) is 5.69 Å². The zero-order valence-electron chi connectivity index (χ0n) is 13.1. The molecule has 2 N–H and O–H groups in total. The van der Waals surface area contributed by atoms with Crippen molar-refractivity contribution in [3.8, 4) is 23.3 Å². The summed E-state index contributed by atoms with van der Waals surface area (Å²) >= 11 is 0. The molecule has 3 aromatic heterocycles. The second-order valence-electron chi connectivity index (χ2n) is 5.91. The molecule has 0 amide bonds. The Kier molecular flexibility index (Phi) is 3.47. The van der Waals surface area contributed by atoms with Crippen LogP contribution in [0.4, 0.5) is 5.82 Å². The van der Waals surface area contributed by atoms with Crippen LogP contribution in [0.5, 0.6) is 0 Å². The Hall–Kier alpha value is -3.20. The molecule has 24 heavy (non-hydrogen) atoms. The van der Waals surface area contributed by atoms with Crippen molar-refractivity contribution in [2.45, 2.75) is 25.2 Å². The SMILES string of the molecule is N#Cc1c(-c2cccn2-c2ncccn2)cc(C2CCC2)nc1N. The summed E-state index contributed by atoms with van der Waals surface area (Å²) in [6.45, 7) is 0. The van der Waals surface area contributed by atoms with E-state index in [9.17, 15) is 5.26 Å². The van der Waals surface area contributed by atoms with Gasteiger partial charge in [0.2, 0.25) is 5.95 Å². The number of nitrogens with zero attached hydrogens (tertiary/aromatic N) is 5. The summed E-state index contributed by atoms with van der Waals surface area (Å²) in [5.74, 6) is 1.29. The van der Waals surface area contributed by atoms with E-state index in [1.807, 2.05) is 29.0 Å². The van der Waals surface area contributed by atoms with Gasteiger partial charge in [0.25, 0.3) is 0 Å². The van der Waals surface area contributed by atoms with Gasteiger partial charge in [-0.1, -0.05) is 6.42 Å². The quantitative estimate of drug-likeness (QED) is 0.801. The summed E-state index contributed by atoms with van der Waals surface area (Å²) in [4.78, 5) is 13.0. The van der Waals surface area contributed by atoms with Crippen LogP contribution in [-0.2, 0) is 0 Å². The van der Waals surface area contributed by atoms with Crippen LogP contribution in [0.15, 0.2) is 42.9 Å². The number of hydrogen-bond donors (Lipinski definition) is 1. The van der Waals surface area contributed by atoms with Gasteiger partial charge in [0.1, 0.15) is 17.5 Å². The Balaban J connectivity index is 1.89. The maximum atomic E-state index is 9.55. The Bertz CT molecular complexity index is 918. The number of pyridine rings is 1. The van der Waals surface area contributed by atoms with Gasteiger partial charge in [-0.25, -0.2) is 15.0 Å². The van der Waals surface area contributed by atoms with Gasteiger partial charge in [-0.2, -0.15) is 5.26 Å². The molecule has 6 heteroatoms. The molecule has 4 rings (SSSR count). The fraction of sp³-hybridized carbons (Fsp3) is 0.222. The smallest absolute Gasteiger partial charge is 0.234 e. The van der Waals surface area contributed by atoms with Gasteiger partial charge in [-0.05, 0) is 37.1 Å². The number of nitrogens with two attached hydrogens (primary N) is 1. The van der Waals surface area contributed by atoms with Crippen LogP contribution in [-0.4, -0.2) is 19.5 Å². The van der Waals surface area contributed by atoms with Crippen LogP contribution >= 0.6 is 0 Å². The van der Waals surface area contributed by atoms with E-state index in [2.05, 4.69) is 21.0 Å². The Labute approximate surface area is 139 Å². The first-order chi connectivity index (χ1) is 11.8. The lowest BCUT2D eigenvalue weighted by Gasteiger charge is -2.25. The molecule has 1 aliphatic carbocycles. The molecule has 0 bridgehead atoms. The van der Waals surface area contributed by atoms with Gasteiger partial charge in [-0.3, -0.25) is 4.57 Å². The van der Waals surface area contributed by atoms with Crippen molar-refractivity contribution in [2.75, 3.05) is 5.73 Å². The van der Waals surface area contributed by atoms with Gasteiger partial charge in [0.15, 0.2) is 0 Å². The minimum atomic E-state index is 0.290. The first-order valence-corrected chi connectivity index (χ1v) is 7.93. The molecule has 1 aliphatic rings. The molecule has 0 atom stereocenters. The zero-order valence-corrected chi connectivity index (χ0v) is 13.1. The fourth-order valence-electron chi connectivity index (χ4n) is 3.01. The third kappa shape index (κ3) is 2.31. The first-order valence-electron chi connectivity index (χ1n) is 7.93. The molecular formula is C18H16N6. The zero-order chi connectivity index (χ0) is 16.5. The number of nitriles is 1. The Morgan fingerprint density at radius 1 is 1.21 bits per heavy atom. The second-order valence-corrected chi connectivity index (χ2v) is 5.91. The Morgan fingerprint density at radius 2 is 2.00 bits per heavy atom. The highest BCUT2D eigenvalue weighted by Gasteiger charge is 2.24. The van der Waals surface area contributed by atoms with Crippen molar-refractivity contribution in [3.63, 3.8) is 0 Å². The van der Waals surface area contributed by atoms with E-state index in [0.29, 0.717) is 23.2 Å². The van der Waals surface area contributed by atoms with Crippen molar-refractivity contribution >= 4 is 5.82 Å². The van der Waals surface area contributed by atoms with Crippen molar-refractivity contribution in [1.29, 1.82) is 5.26 Å². The van der Waals surface area contributed by atoms with E-state index >= 15 is 0 Å². The van der Waals surface area contributed by atoms with Crippen molar-refractivity contribution in [2.24, 2.45) is 0 Å². The normalized spacial score (nSPS) is 14.1. The third-order valence-electron chi connectivity index (χ3n) is 4.49. The van der Waals surface area contributed by atoms with Crippen LogP contribution in [0.25, 0.3) is 17.2 Å². The molecule has 0 aliphatic heterocycles. The molecular weight excluding hydrogens is 300 g/mol. The lowest BCUT2D eigenvalue weighted by molar-refractivity contribution is 0.411.